The van der Waals surface area contributed by atoms with Crippen molar-refractivity contribution in [2.45, 2.75) is 20.5 Å². The lowest BCUT2D eigenvalue weighted by molar-refractivity contribution is 0.0473. The lowest BCUT2D eigenvalue weighted by Crippen LogP contribution is -2.08. The van der Waals surface area contributed by atoms with Crippen LogP contribution < -0.4 is 5.63 Å². The Labute approximate surface area is 147 Å². The van der Waals surface area contributed by atoms with Crippen LogP contribution in [0.1, 0.15) is 27.0 Å². The second-order valence-corrected chi connectivity index (χ2v) is 6.53. The van der Waals surface area contributed by atoms with Crippen LogP contribution in [0.3, 0.4) is 0 Å². The first-order valence-corrected chi connectivity index (χ1v) is 8.20. The van der Waals surface area contributed by atoms with Crippen molar-refractivity contribution in [3.63, 3.8) is 0 Å². The Kier molecular flexibility index (Phi) is 4.53. The Bertz CT molecular complexity index is 988. The topological polar surface area (TPSA) is 56.5 Å². The lowest BCUT2D eigenvalue weighted by Gasteiger charge is -2.09. The van der Waals surface area contributed by atoms with E-state index < -0.39 is 11.6 Å². The molecule has 0 aliphatic heterocycles. The third-order valence-electron chi connectivity index (χ3n) is 3.86. The maximum atomic E-state index is 12.2. The molecule has 0 saturated heterocycles. The van der Waals surface area contributed by atoms with E-state index in [0.29, 0.717) is 16.7 Å². The Morgan fingerprint density at radius 1 is 1.12 bits per heavy atom. The summed E-state index contributed by atoms with van der Waals surface area (Å²) in [5, 5.41) is 0.778. The van der Waals surface area contributed by atoms with Crippen LogP contribution in [0.2, 0.25) is 0 Å². The van der Waals surface area contributed by atoms with Gasteiger partial charge in [0.25, 0.3) is 0 Å². The summed E-state index contributed by atoms with van der Waals surface area (Å²) in [6.07, 6.45) is 0. The minimum absolute atomic E-state index is 0.00987. The lowest BCUT2D eigenvalue weighted by atomic mass is 10.0. The second kappa shape index (κ2) is 6.61. The molecule has 0 fully saturated rings. The van der Waals surface area contributed by atoms with E-state index >= 15 is 0 Å². The van der Waals surface area contributed by atoms with Gasteiger partial charge in [0.15, 0.2) is 0 Å². The molecule has 122 valence electrons. The largest absolute Gasteiger partial charge is 0.457 e. The first-order valence-electron chi connectivity index (χ1n) is 7.41. The standard InChI is InChI=1S/C19H15BrO4/c1-11-6-16-14(9-18(21)24-17(16)7-12(11)2)10-23-19(22)13-4-3-5-15(20)8-13/h3-9H,10H2,1-2H3. The van der Waals surface area contributed by atoms with Crippen LogP contribution in [0.15, 0.2) is 56.1 Å². The fraction of sp³-hybridized carbons (Fsp3) is 0.158. The molecule has 0 bridgehead atoms. The first-order chi connectivity index (χ1) is 11.4. The second-order valence-electron chi connectivity index (χ2n) is 5.61. The van der Waals surface area contributed by atoms with Crippen molar-refractivity contribution < 1.29 is 13.9 Å². The summed E-state index contributed by atoms with van der Waals surface area (Å²) < 4.78 is 11.4. The van der Waals surface area contributed by atoms with Crippen molar-refractivity contribution in [3.05, 3.63) is 79.6 Å². The van der Waals surface area contributed by atoms with Gasteiger partial charge in [0.05, 0.1) is 5.56 Å². The SMILES string of the molecule is Cc1cc2oc(=O)cc(COC(=O)c3cccc(Br)c3)c2cc1C. The number of esters is 1. The van der Waals surface area contributed by atoms with Gasteiger partial charge in [0, 0.05) is 21.5 Å². The summed E-state index contributed by atoms with van der Waals surface area (Å²) in [7, 11) is 0. The van der Waals surface area contributed by atoms with Crippen LogP contribution in [-0.2, 0) is 11.3 Å². The van der Waals surface area contributed by atoms with Gasteiger partial charge in [-0.15, -0.1) is 0 Å². The predicted octanol–water partition coefficient (Wildman–Crippen LogP) is 4.53. The predicted molar refractivity (Wildman–Crippen MR) is 95.2 cm³/mol. The van der Waals surface area contributed by atoms with E-state index in [1.807, 2.05) is 32.0 Å². The summed E-state index contributed by atoms with van der Waals surface area (Å²) >= 11 is 3.32. The number of carbonyl (C=O) groups excluding carboxylic acids is 1. The number of carbonyl (C=O) groups is 1. The van der Waals surface area contributed by atoms with E-state index in [1.165, 1.54) is 6.07 Å². The Hall–Kier alpha value is -2.40. The highest BCUT2D eigenvalue weighted by Crippen LogP contribution is 2.22. The molecule has 0 atom stereocenters. The summed E-state index contributed by atoms with van der Waals surface area (Å²) in [5.74, 6) is -0.443. The Morgan fingerprint density at radius 3 is 2.62 bits per heavy atom. The van der Waals surface area contributed by atoms with Crippen LogP contribution in [0.25, 0.3) is 11.0 Å². The molecule has 0 amide bonds. The van der Waals surface area contributed by atoms with Gasteiger partial charge >= 0.3 is 11.6 Å². The first kappa shape index (κ1) is 16.5. The highest BCUT2D eigenvalue weighted by Gasteiger charge is 2.12. The molecular formula is C19H15BrO4. The van der Waals surface area contributed by atoms with E-state index in [4.69, 9.17) is 9.15 Å². The van der Waals surface area contributed by atoms with Crippen molar-refractivity contribution >= 4 is 32.9 Å². The molecular weight excluding hydrogens is 372 g/mol. The summed E-state index contributed by atoms with van der Waals surface area (Å²) in [4.78, 5) is 23.9. The van der Waals surface area contributed by atoms with Gasteiger partial charge in [0.1, 0.15) is 12.2 Å². The van der Waals surface area contributed by atoms with Crippen LogP contribution >= 0.6 is 15.9 Å². The van der Waals surface area contributed by atoms with Gasteiger partial charge in [-0.05, 0) is 55.3 Å². The highest BCUT2D eigenvalue weighted by atomic mass is 79.9. The summed E-state index contributed by atoms with van der Waals surface area (Å²) in [5.41, 5.74) is 3.24. The number of hydrogen-bond acceptors (Lipinski definition) is 4. The summed E-state index contributed by atoms with van der Waals surface area (Å²) in [6.45, 7) is 3.95. The number of aryl methyl sites for hydroxylation is 2. The molecule has 2 aromatic carbocycles. The zero-order valence-electron chi connectivity index (χ0n) is 13.3. The molecule has 3 aromatic rings. The van der Waals surface area contributed by atoms with E-state index in [0.717, 1.165) is 21.0 Å². The van der Waals surface area contributed by atoms with E-state index in [2.05, 4.69) is 15.9 Å². The molecule has 1 heterocycles. The zero-order valence-corrected chi connectivity index (χ0v) is 14.8. The molecule has 0 aliphatic carbocycles. The van der Waals surface area contributed by atoms with Crippen LogP contribution in [0, 0.1) is 13.8 Å². The zero-order chi connectivity index (χ0) is 17.3. The third-order valence-corrected chi connectivity index (χ3v) is 4.36. The Morgan fingerprint density at radius 2 is 1.88 bits per heavy atom. The van der Waals surface area contributed by atoms with Crippen molar-refractivity contribution in [2.24, 2.45) is 0 Å². The molecule has 0 saturated carbocycles. The summed E-state index contributed by atoms with van der Waals surface area (Å²) in [6, 6.07) is 12.1. The molecule has 24 heavy (non-hydrogen) atoms. The van der Waals surface area contributed by atoms with E-state index in [1.54, 1.807) is 18.2 Å². The number of fused-ring (bicyclic) bond motifs is 1. The van der Waals surface area contributed by atoms with Gasteiger partial charge in [-0.1, -0.05) is 22.0 Å². The van der Waals surface area contributed by atoms with Crippen molar-refractivity contribution in [1.29, 1.82) is 0 Å². The molecule has 1 aromatic heterocycles. The van der Waals surface area contributed by atoms with Gasteiger partial charge in [-0.3, -0.25) is 0 Å². The number of rotatable bonds is 3. The Balaban J connectivity index is 1.91. The highest BCUT2D eigenvalue weighted by molar-refractivity contribution is 9.10. The molecule has 5 heteroatoms. The van der Waals surface area contributed by atoms with E-state index in [-0.39, 0.29) is 6.61 Å². The minimum Gasteiger partial charge on any atom is -0.457 e. The van der Waals surface area contributed by atoms with Gasteiger partial charge in [-0.25, -0.2) is 9.59 Å². The quantitative estimate of drug-likeness (QED) is 0.490. The van der Waals surface area contributed by atoms with Crippen molar-refractivity contribution in [3.8, 4) is 0 Å². The van der Waals surface area contributed by atoms with Crippen LogP contribution in [-0.4, -0.2) is 5.97 Å². The fourth-order valence-electron chi connectivity index (χ4n) is 2.44. The molecule has 0 radical (unpaired) electrons. The number of halogens is 1. The number of benzene rings is 2. The minimum atomic E-state index is -0.459. The average Bonchev–Trinajstić information content (AvgIpc) is 2.54. The van der Waals surface area contributed by atoms with Crippen molar-refractivity contribution in [1.82, 2.24) is 0 Å². The molecule has 0 N–H and O–H groups in total. The molecule has 0 unspecified atom stereocenters. The third kappa shape index (κ3) is 3.41. The van der Waals surface area contributed by atoms with Crippen molar-refractivity contribution in [2.75, 3.05) is 0 Å². The molecule has 0 spiro atoms. The van der Waals surface area contributed by atoms with Gasteiger partial charge in [-0.2, -0.15) is 0 Å². The van der Waals surface area contributed by atoms with Crippen LogP contribution in [0.4, 0.5) is 0 Å². The monoisotopic (exact) mass is 386 g/mol. The van der Waals surface area contributed by atoms with E-state index in [9.17, 15) is 9.59 Å². The van der Waals surface area contributed by atoms with Crippen LogP contribution in [0.5, 0.6) is 0 Å². The van der Waals surface area contributed by atoms with Gasteiger partial charge < -0.3 is 9.15 Å². The normalized spacial score (nSPS) is 10.8. The maximum Gasteiger partial charge on any atom is 0.338 e. The smallest absolute Gasteiger partial charge is 0.338 e. The number of hydrogen-bond donors (Lipinski definition) is 0. The number of ether oxygens (including phenoxy) is 1. The molecule has 3 rings (SSSR count). The van der Waals surface area contributed by atoms with Gasteiger partial charge in [0.2, 0.25) is 0 Å². The maximum absolute atomic E-state index is 12.2. The fourth-order valence-corrected chi connectivity index (χ4v) is 2.84. The average molecular weight is 387 g/mol. The molecule has 0 aliphatic rings. The molecule has 4 nitrogen and oxygen atoms in total.